The molecule has 0 saturated carbocycles. The van der Waals surface area contributed by atoms with Crippen molar-refractivity contribution in [1.29, 1.82) is 0 Å². The average molecular weight is 1350 g/mol. The maximum absolute atomic E-state index is 7.31. The molecule has 85 heavy (non-hydrogen) atoms. The maximum atomic E-state index is 7.31. The predicted octanol–water partition coefficient (Wildman–Crippen LogP) is 17.3. The molecule has 1 spiro atoms. The summed E-state index contributed by atoms with van der Waals surface area (Å²) in [5, 5.41) is 2.54. The third-order valence-electron chi connectivity index (χ3n) is 17.9. The first-order chi connectivity index (χ1) is 40.1. The molecule has 3 aliphatic heterocycles. The van der Waals surface area contributed by atoms with Gasteiger partial charge in [0, 0.05) is 21.1 Å². The molecule has 0 atom stereocenters. The third-order valence-corrected chi connectivity index (χ3v) is 28.2. The summed E-state index contributed by atoms with van der Waals surface area (Å²) < 4.78 is 15.3. The predicted molar refractivity (Wildman–Crippen MR) is 355 cm³/mol. The molecule has 14 rings (SSSR count). The summed E-state index contributed by atoms with van der Waals surface area (Å²) in [4.78, 5) is 12.2. The van der Waals surface area contributed by atoms with Gasteiger partial charge in [0.2, 0.25) is 0 Å². The fraction of sp³-hybridized carbons (Fsp3) is 0.221. The van der Waals surface area contributed by atoms with Crippen LogP contribution in [0.15, 0.2) is 194 Å². The molecule has 9 aromatic carbocycles. The van der Waals surface area contributed by atoms with Crippen LogP contribution in [0.1, 0.15) is 105 Å². The van der Waals surface area contributed by atoms with Crippen LogP contribution in [-0.4, -0.2) is 29.9 Å². The molecule has 0 amide bonds. The Labute approximate surface area is 519 Å². The number of para-hydroxylation sites is 4. The molecular formula is C77H72GeN5OPt-3. The van der Waals surface area contributed by atoms with Gasteiger partial charge in [-0.15, -0.1) is 0 Å². The zero-order valence-electron chi connectivity index (χ0n) is 51.0. The Morgan fingerprint density at radius 3 is 1.61 bits per heavy atom. The second kappa shape index (κ2) is 20.2. The molecule has 0 aliphatic carbocycles. The van der Waals surface area contributed by atoms with Crippen LogP contribution < -0.4 is 37.0 Å². The molecule has 0 radical (unpaired) electrons. The molecule has 3 aliphatic rings. The van der Waals surface area contributed by atoms with Gasteiger partial charge in [-0.05, 0) is 56.2 Å². The standard InChI is InChI=1S/C77H72GeN5O.Pt/c1-74(2,3)51-37-38-79-70(44-51)83-68-36-24-31-62-71(68)72-63(78(62)60-29-17-19-32-64(60)80(13)65-33-20-18-30-61(65)78)46-57(47-69(72)83)84-56-28-23-27-55(45-56)81-48-82(67-35-22-21-34-66(67)81)73-58(49-25-15-14-16-26-49)42-54(77(10,11)12)43-59(73)50-39-52(75(4,5)6)41-53(40-50)76(7,8)9;/h14-44,46,48H,1-13H3;/q-3;. The van der Waals surface area contributed by atoms with E-state index >= 15 is 0 Å². The normalized spacial score (nSPS) is 14.3. The summed E-state index contributed by atoms with van der Waals surface area (Å²) >= 11 is -3.80. The Morgan fingerprint density at radius 1 is 0.447 bits per heavy atom. The molecular weight excluding hydrogens is 1280 g/mol. The van der Waals surface area contributed by atoms with E-state index in [9.17, 15) is 0 Å². The van der Waals surface area contributed by atoms with E-state index in [1.54, 1.807) is 0 Å². The van der Waals surface area contributed by atoms with Crippen LogP contribution in [0.3, 0.4) is 0 Å². The minimum absolute atomic E-state index is 0. The van der Waals surface area contributed by atoms with Gasteiger partial charge >= 0.3 is 335 Å². The molecule has 0 saturated heterocycles. The van der Waals surface area contributed by atoms with E-state index in [-0.39, 0.29) is 42.7 Å². The fourth-order valence-electron chi connectivity index (χ4n) is 13.4. The smallest absolute Gasteiger partial charge is 0 e. The Kier molecular flexibility index (Phi) is 13.5. The van der Waals surface area contributed by atoms with Crippen molar-refractivity contribution in [3.8, 4) is 39.6 Å². The van der Waals surface area contributed by atoms with Crippen LogP contribution in [0.5, 0.6) is 11.5 Å². The number of ether oxygens (including phenoxy) is 1. The molecule has 6 nitrogen and oxygen atoms in total. The zero-order valence-corrected chi connectivity index (χ0v) is 55.4. The number of benzene rings is 9. The van der Waals surface area contributed by atoms with Gasteiger partial charge in [-0.2, -0.15) is 0 Å². The SMILES string of the molecule is CN1c2cccc[c]2[Ge]2([c]3ccccc31)[c]1cc(Oc3[c-]c(N4[CH-]N(c5c(-c6ccccc6)cc(C(C)(C)C)cc5-c5cc(C(C)(C)C)cc(C(C)(C)C)c5)c5ccccc54)ccc3)[c-]c3c1c1[c]2cccc1n3-c1cc(C(C)(C)C)ccn1.[Pt]. The quantitative estimate of drug-likeness (QED) is 0.117. The van der Waals surface area contributed by atoms with E-state index < -0.39 is 13.3 Å². The largest absolute Gasteiger partial charge is 0 e. The van der Waals surface area contributed by atoms with Gasteiger partial charge in [-0.1, -0.05) is 111 Å². The molecule has 11 aromatic rings. The number of hydrogen-bond donors (Lipinski definition) is 0. The molecule has 0 fully saturated rings. The maximum Gasteiger partial charge on any atom is 0 e. The summed E-state index contributed by atoms with van der Waals surface area (Å²) in [6, 6.07) is 77.9. The molecule has 2 aromatic heterocycles. The first kappa shape index (κ1) is 56.5. The van der Waals surface area contributed by atoms with Gasteiger partial charge in [-0.3, -0.25) is 0 Å². The van der Waals surface area contributed by atoms with E-state index in [1.165, 1.54) is 78.7 Å². The van der Waals surface area contributed by atoms with Crippen LogP contribution in [0.2, 0.25) is 0 Å². The summed E-state index contributed by atoms with van der Waals surface area (Å²) in [5.74, 6) is 2.12. The molecule has 0 N–H and O–H groups in total. The minimum Gasteiger partial charge on any atom is 0 e. The number of anilines is 6. The molecule has 8 heteroatoms. The van der Waals surface area contributed by atoms with Crippen molar-refractivity contribution >= 4 is 86.8 Å². The number of pyridine rings is 1. The molecule has 428 valence electrons. The molecule has 0 bridgehead atoms. The van der Waals surface area contributed by atoms with E-state index in [2.05, 4.69) is 310 Å². The van der Waals surface area contributed by atoms with Gasteiger partial charge in [0.05, 0.1) is 0 Å². The summed E-state index contributed by atoms with van der Waals surface area (Å²) in [5.41, 5.74) is 18.3. The van der Waals surface area contributed by atoms with Crippen LogP contribution in [0.25, 0.3) is 49.9 Å². The average Bonchev–Trinajstić information content (AvgIpc) is 1.53. The van der Waals surface area contributed by atoms with Crippen molar-refractivity contribution in [3.63, 3.8) is 0 Å². The van der Waals surface area contributed by atoms with E-state index in [4.69, 9.17) is 9.72 Å². The number of fused-ring (bicyclic) bond motifs is 7. The van der Waals surface area contributed by atoms with Crippen molar-refractivity contribution in [2.24, 2.45) is 0 Å². The number of hydrogen-bond acceptors (Lipinski definition) is 5. The van der Waals surface area contributed by atoms with Crippen molar-refractivity contribution in [2.45, 2.75) is 105 Å². The van der Waals surface area contributed by atoms with Crippen molar-refractivity contribution < 1.29 is 25.8 Å². The zero-order chi connectivity index (χ0) is 58.4. The Morgan fingerprint density at radius 2 is 0.988 bits per heavy atom. The molecule has 5 heterocycles. The summed E-state index contributed by atoms with van der Waals surface area (Å²) in [7, 11) is 2.22. The summed E-state index contributed by atoms with van der Waals surface area (Å²) in [6.45, 7) is 30.0. The number of aromatic nitrogens is 2. The second-order valence-electron chi connectivity index (χ2n) is 27.5. The van der Waals surface area contributed by atoms with Gasteiger partial charge < -0.3 is 0 Å². The second-order valence-corrected chi connectivity index (χ2v) is 35.2. The van der Waals surface area contributed by atoms with E-state index in [0.29, 0.717) is 11.5 Å². The van der Waals surface area contributed by atoms with Crippen LogP contribution >= 0.6 is 0 Å². The van der Waals surface area contributed by atoms with Crippen LogP contribution in [0, 0.1) is 18.8 Å². The topological polar surface area (TPSA) is 36.8 Å². The monoisotopic (exact) mass is 1350 g/mol. The van der Waals surface area contributed by atoms with Gasteiger partial charge in [0.15, 0.2) is 0 Å². The van der Waals surface area contributed by atoms with E-state index in [1.807, 2.05) is 12.3 Å². The van der Waals surface area contributed by atoms with Gasteiger partial charge in [-0.25, -0.2) is 0 Å². The fourth-order valence-corrected chi connectivity index (χ4v) is 25.3. The molecule has 0 unspecified atom stereocenters. The Hall–Kier alpha value is -7.64. The van der Waals surface area contributed by atoms with E-state index in [0.717, 1.165) is 45.2 Å². The Balaban J connectivity index is 0.00000672. The van der Waals surface area contributed by atoms with Crippen molar-refractivity contribution in [2.75, 3.05) is 21.7 Å². The third kappa shape index (κ3) is 9.10. The Bertz CT molecular complexity index is 4390. The summed E-state index contributed by atoms with van der Waals surface area (Å²) in [6.07, 6.45) is 1.96. The van der Waals surface area contributed by atoms with Gasteiger partial charge in [0.25, 0.3) is 0 Å². The minimum atomic E-state index is -3.80. The van der Waals surface area contributed by atoms with Crippen molar-refractivity contribution in [1.82, 2.24) is 9.55 Å². The number of nitrogens with zero attached hydrogens (tertiary/aromatic N) is 5. The first-order valence-corrected chi connectivity index (χ1v) is 33.9. The number of rotatable bonds is 7. The van der Waals surface area contributed by atoms with Gasteiger partial charge in [0.1, 0.15) is 0 Å². The van der Waals surface area contributed by atoms with Crippen LogP contribution in [0.4, 0.5) is 34.1 Å². The first-order valence-electron chi connectivity index (χ1n) is 29.7. The van der Waals surface area contributed by atoms with Crippen molar-refractivity contribution in [3.05, 3.63) is 235 Å². The van der Waals surface area contributed by atoms with Crippen LogP contribution in [-0.2, 0) is 42.7 Å².